The number of alkyl carbamates (subject to hydrolysis) is 1. The molecule has 160 valence electrons. The minimum absolute atomic E-state index is 0.101. The van der Waals surface area contributed by atoms with E-state index in [1.165, 1.54) is 11.9 Å². The van der Waals surface area contributed by atoms with Crippen molar-refractivity contribution in [3.8, 4) is 0 Å². The van der Waals surface area contributed by atoms with Crippen LogP contribution in [0.25, 0.3) is 0 Å². The van der Waals surface area contributed by atoms with Crippen LogP contribution >= 0.6 is 11.6 Å². The lowest BCUT2D eigenvalue weighted by molar-refractivity contribution is -0.136. The first-order chi connectivity index (χ1) is 14.3. The van der Waals surface area contributed by atoms with Gasteiger partial charge in [0, 0.05) is 17.8 Å². The summed E-state index contributed by atoms with van der Waals surface area (Å²) in [6.07, 6.45) is -0.692. The highest BCUT2D eigenvalue weighted by atomic mass is 35.5. The molecule has 2 aromatic rings. The first kappa shape index (κ1) is 23.2. The topological polar surface area (TPSA) is 87.7 Å². The SMILES string of the molecule is CC(C)[C@H](NC(=O)OCc1ccccc1)C(=O)N(C)CC(=O)Nc1cccc(Cl)c1. The van der Waals surface area contributed by atoms with Gasteiger partial charge >= 0.3 is 6.09 Å². The van der Waals surface area contributed by atoms with Crippen LogP contribution in [0, 0.1) is 5.92 Å². The smallest absolute Gasteiger partial charge is 0.408 e. The Morgan fingerprint density at radius 3 is 2.40 bits per heavy atom. The van der Waals surface area contributed by atoms with Gasteiger partial charge in [0.15, 0.2) is 0 Å². The number of amides is 3. The zero-order valence-electron chi connectivity index (χ0n) is 17.2. The minimum Gasteiger partial charge on any atom is -0.445 e. The maximum Gasteiger partial charge on any atom is 0.408 e. The monoisotopic (exact) mass is 431 g/mol. The number of anilines is 1. The fourth-order valence-corrected chi connectivity index (χ4v) is 2.89. The number of nitrogens with zero attached hydrogens (tertiary/aromatic N) is 1. The van der Waals surface area contributed by atoms with Crippen LogP contribution in [0.5, 0.6) is 0 Å². The van der Waals surface area contributed by atoms with Crippen LogP contribution < -0.4 is 10.6 Å². The molecule has 0 spiro atoms. The summed E-state index contributed by atoms with van der Waals surface area (Å²) in [7, 11) is 1.51. The molecule has 7 nitrogen and oxygen atoms in total. The van der Waals surface area contributed by atoms with Crippen molar-refractivity contribution in [2.75, 3.05) is 18.9 Å². The first-order valence-corrected chi connectivity index (χ1v) is 9.91. The van der Waals surface area contributed by atoms with Crippen LogP contribution in [0.1, 0.15) is 19.4 Å². The summed E-state index contributed by atoms with van der Waals surface area (Å²) in [5, 5.41) is 5.78. The lowest BCUT2D eigenvalue weighted by Crippen LogP contribution is -2.51. The van der Waals surface area contributed by atoms with Crippen molar-refractivity contribution in [2.45, 2.75) is 26.5 Å². The van der Waals surface area contributed by atoms with Gasteiger partial charge in [0.25, 0.3) is 0 Å². The van der Waals surface area contributed by atoms with Gasteiger partial charge in [0.1, 0.15) is 12.6 Å². The zero-order chi connectivity index (χ0) is 22.1. The summed E-state index contributed by atoms with van der Waals surface area (Å²) < 4.78 is 5.20. The number of rotatable bonds is 8. The Morgan fingerprint density at radius 1 is 1.07 bits per heavy atom. The average molecular weight is 432 g/mol. The Hall–Kier alpha value is -3.06. The molecule has 1 atom stereocenters. The summed E-state index contributed by atoms with van der Waals surface area (Å²) in [6, 6.07) is 15.1. The second kappa shape index (κ2) is 11.2. The fraction of sp³-hybridized carbons (Fsp3) is 0.318. The van der Waals surface area contributed by atoms with E-state index >= 15 is 0 Å². The van der Waals surface area contributed by atoms with E-state index in [9.17, 15) is 14.4 Å². The number of likely N-dealkylation sites (N-methyl/N-ethyl adjacent to an activating group) is 1. The van der Waals surface area contributed by atoms with E-state index in [1.807, 2.05) is 30.3 Å². The van der Waals surface area contributed by atoms with Crippen molar-refractivity contribution >= 4 is 35.2 Å². The van der Waals surface area contributed by atoms with Gasteiger partial charge in [-0.3, -0.25) is 9.59 Å². The van der Waals surface area contributed by atoms with E-state index in [2.05, 4.69) is 10.6 Å². The molecule has 0 heterocycles. The third-order valence-corrected chi connectivity index (χ3v) is 4.52. The molecule has 0 saturated carbocycles. The third-order valence-electron chi connectivity index (χ3n) is 4.28. The summed E-state index contributed by atoms with van der Waals surface area (Å²) in [4.78, 5) is 38.5. The van der Waals surface area contributed by atoms with Crippen LogP contribution in [0.2, 0.25) is 5.02 Å². The fourth-order valence-electron chi connectivity index (χ4n) is 2.70. The second-order valence-electron chi connectivity index (χ2n) is 7.18. The molecule has 0 unspecified atom stereocenters. The van der Waals surface area contributed by atoms with Crippen LogP contribution in [0.15, 0.2) is 54.6 Å². The van der Waals surface area contributed by atoms with Crippen LogP contribution in [-0.4, -0.2) is 42.4 Å². The highest BCUT2D eigenvalue weighted by Crippen LogP contribution is 2.15. The van der Waals surface area contributed by atoms with Gasteiger partial charge in [-0.1, -0.05) is 61.8 Å². The van der Waals surface area contributed by atoms with Gasteiger partial charge in [0.05, 0.1) is 6.54 Å². The van der Waals surface area contributed by atoms with Gasteiger partial charge in [-0.05, 0) is 29.7 Å². The molecule has 0 aliphatic carbocycles. The molecule has 2 N–H and O–H groups in total. The quantitative estimate of drug-likeness (QED) is 0.667. The van der Waals surface area contributed by atoms with Gasteiger partial charge < -0.3 is 20.3 Å². The normalized spacial score (nSPS) is 11.5. The molecule has 0 aliphatic heterocycles. The van der Waals surface area contributed by atoms with Crippen LogP contribution in [0.4, 0.5) is 10.5 Å². The number of nitrogens with one attached hydrogen (secondary N) is 2. The molecule has 30 heavy (non-hydrogen) atoms. The molecule has 0 saturated heterocycles. The molecule has 0 aromatic heterocycles. The highest BCUT2D eigenvalue weighted by Gasteiger charge is 2.28. The average Bonchev–Trinajstić information content (AvgIpc) is 2.70. The number of hydrogen-bond acceptors (Lipinski definition) is 4. The van der Waals surface area contributed by atoms with Crippen molar-refractivity contribution < 1.29 is 19.1 Å². The Morgan fingerprint density at radius 2 is 1.77 bits per heavy atom. The molecule has 0 radical (unpaired) electrons. The van der Waals surface area contributed by atoms with Crippen molar-refractivity contribution in [3.63, 3.8) is 0 Å². The van der Waals surface area contributed by atoms with Crippen molar-refractivity contribution in [1.29, 1.82) is 0 Å². The molecule has 0 aliphatic rings. The van der Waals surface area contributed by atoms with E-state index in [1.54, 1.807) is 38.1 Å². The molecule has 0 fully saturated rings. The maximum absolute atomic E-state index is 12.8. The predicted molar refractivity (Wildman–Crippen MR) is 116 cm³/mol. The van der Waals surface area contributed by atoms with E-state index in [0.29, 0.717) is 10.7 Å². The van der Waals surface area contributed by atoms with Crippen LogP contribution in [-0.2, 0) is 20.9 Å². The standard InChI is InChI=1S/C22H26ClN3O4/c1-15(2)20(25-22(29)30-14-16-8-5-4-6-9-16)21(28)26(3)13-19(27)24-18-11-7-10-17(23)12-18/h4-12,15,20H,13-14H2,1-3H3,(H,24,27)(H,25,29)/t20-/m0/s1. The minimum atomic E-state index is -0.822. The van der Waals surface area contributed by atoms with E-state index in [4.69, 9.17) is 16.3 Å². The Balaban J connectivity index is 1.89. The van der Waals surface area contributed by atoms with Gasteiger partial charge in [-0.25, -0.2) is 4.79 Å². The summed E-state index contributed by atoms with van der Waals surface area (Å²) in [5.74, 6) is -0.953. The number of ether oxygens (including phenoxy) is 1. The Bertz CT molecular complexity index is 874. The van der Waals surface area contributed by atoms with Crippen molar-refractivity contribution in [2.24, 2.45) is 5.92 Å². The maximum atomic E-state index is 12.8. The molecular weight excluding hydrogens is 406 g/mol. The van der Waals surface area contributed by atoms with Gasteiger partial charge in [0.2, 0.25) is 11.8 Å². The van der Waals surface area contributed by atoms with Crippen LogP contribution in [0.3, 0.4) is 0 Å². The molecule has 2 rings (SSSR count). The molecule has 3 amide bonds. The van der Waals surface area contributed by atoms with Gasteiger partial charge in [-0.2, -0.15) is 0 Å². The molecule has 2 aromatic carbocycles. The van der Waals surface area contributed by atoms with E-state index in [0.717, 1.165) is 5.56 Å². The number of benzene rings is 2. The third kappa shape index (κ3) is 7.40. The largest absolute Gasteiger partial charge is 0.445 e. The Kier molecular flexibility index (Phi) is 8.68. The predicted octanol–water partition coefficient (Wildman–Crippen LogP) is 3.69. The number of carbonyl (C=O) groups excluding carboxylic acids is 3. The Labute approximate surface area is 181 Å². The lowest BCUT2D eigenvalue weighted by atomic mass is 10.0. The number of halogens is 1. The number of carbonyl (C=O) groups is 3. The summed E-state index contributed by atoms with van der Waals surface area (Å²) in [5.41, 5.74) is 1.38. The first-order valence-electron chi connectivity index (χ1n) is 9.54. The van der Waals surface area contributed by atoms with E-state index in [-0.39, 0.29) is 30.9 Å². The van der Waals surface area contributed by atoms with E-state index < -0.39 is 12.1 Å². The lowest BCUT2D eigenvalue weighted by Gasteiger charge is -2.26. The number of hydrogen-bond donors (Lipinski definition) is 2. The molecule has 0 bridgehead atoms. The second-order valence-corrected chi connectivity index (χ2v) is 7.62. The molecular formula is C22H26ClN3O4. The van der Waals surface area contributed by atoms with Crippen molar-refractivity contribution in [3.05, 3.63) is 65.2 Å². The summed E-state index contributed by atoms with van der Waals surface area (Å²) >= 11 is 5.91. The molecule has 8 heteroatoms. The highest BCUT2D eigenvalue weighted by molar-refractivity contribution is 6.30. The zero-order valence-corrected chi connectivity index (χ0v) is 18.0. The summed E-state index contributed by atoms with van der Waals surface area (Å²) in [6.45, 7) is 3.54. The van der Waals surface area contributed by atoms with Crippen molar-refractivity contribution in [1.82, 2.24) is 10.2 Å². The van der Waals surface area contributed by atoms with Gasteiger partial charge in [-0.15, -0.1) is 0 Å².